The Morgan fingerprint density at radius 3 is 2.64 bits per heavy atom. The van der Waals surface area contributed by atoms with E-state index in [0.29, 0.717) is 0 Å². The number of benzene rings is 1. The summed E-state index contributed by atoms with van der Waals surface area (Å²) in [4.78, 5) is 11.9. The maximum absolute atomic E-state index is 14.0. The molecule has 1 aromatic heterocycles. The first-order valence-electron chi connectivity index (χ1n) is 5.84. The maximum Gasteiger partial charge on any atom is 0.357 e. The number of aromatic nitrogens is 1. The number of methoxy groups -OCH3 is 1. The second-order valence-corrected chi connectivity index (χ2v) is 4.55. The van der Waals surface area contributed by atoms with E-state index in [-0.39, 0.29) is 33.2 Å². The minimum Gasteiger partial charge on any atom is -0.464 e. The Morgan fingerprint density at radius 1 is 1.41 bits per heavy atom. The van der Waals surface area contributed by atoms with Gasteiger partial charge < -0.3 is 15.0 Å². The van der Waals surface area contributed by atoms with Crippen molar-refractivity contribution in [3.05, 3.63) is 46.0 Å². The van der Waals surface area contributed by atoms with Gasteiger partial charge in [-0.15, -0.1) is 0 Å². The van der Waals surface area contributed by atoms with Gasteiger partial charge in [0.05, 0.1) is 29.1 Å². The van der Waals surface area contributed by atoms with Crippen LogP contribution in [0.5, 0.6) is 0 Å². The third-order valence-corrected chi connectivity index (χ3v) is 3.28. The van der Waals surface area contributed by atoms with Crippen LogP contribution in [0.15, 0.2) is 18.3 Å². The van der Waals surface area contributed by atoms with Crippen molar-refractivity contribution in [2.45, 2.75) is 0 Å². The van der Waals surface area contributed by atoms with Crippen molar-refractivity contribution in [1.29, 1.82) is 10.5 Å². The molecule has 8 heteroatoms. The van der Waals surface area contributed by atoms with Gasteiger partial charge in [0.15, 0.2) is 11.5 Å². The molecule has 0 radical (unpaired) electrons. The van der Waals surface area contributed by atoms with Gasteiger partial charge in [0.1, 0.15) is 17.7 Å². The van der Waals surface area contributed by atoms with E-state index in [2.05, 4.69) is 4.74 Å². The third kappa shape index (κ3) is 2.24. The summed E-state index contributed by atoms with van der Waals surface area (Å²) >= 11 is 5.64. The summed E-state index contributed by atoms with van der Waals surface area (Å²) in [5.41, 5.74) is 5.10. The number of carbonyl (C=O) groups is 1. The van der Waals surface area contributed by atoms with Gasteiger partial charge in [0.25, 0.3) is 0 Å². The Kier molecular flexibility index (Phi) is 4.02. The number of ether oxygens (including phenoxy) is 1. The molecule has 2 rings (SSSR count). The molecular weight excluding hydrogens is 311 g/mol. The molecule has 0 spiro atoms. The second-order valence-electron chi connectivity index (χ2n) is 4.15. The van der Waals surface area contributed by atoms with Crippen LogP contribution in [0.2, 0.25) is 5.02 Å². The summed E-state index contributed by atoms with van der Waals surface area (Å²) in [6, 6.07) is 6.07. The third-order valence-electron chi connectivity index (χ3n) is 2.99. The monoisotopic (exact) mass is 318 g/mol. The van der Waals surface area contributed by atoms with E-state index in [4.69, 9.17) is 27.9 Å². The minimum atomic E-state index is -0.928. The van der Waals surface area contributed by atoms with E-state index in [9.17, 15) is 9.18 Å². The Hall–Kier alpha value is -3.03. The van der Waals surface area contributed by atoms with Gasteiger partial charge >= 0.3 is 5.97 Å². The van der Waals surface area contributed by atoms with E-state index >= 15 is 0 Å². The van der Waals surface area contributed by atoms with E-state index in [0.717, 1.165) is 11.7 Å². The molecule has 22 heavy (non-hydrogen) atoms. The fraction of sp³-hybridized carbons (Fsp3) is 0.0714. The Balaban J connectivity index is 2.85. The highest BCUT2D eigenvalue weighted by molar-refractivity contribution is 6.30. The van der Waals surface area contributed by atoms with Gasteiger partial charge in [0.2, 0.25) is 0 Å². The molecule has 0 atom stereocenters. The second kappa shape index (κ2) is 5.76. The first-order valence-corrected chi connectivity index (χ1v) is 6.21. The molecule has 0 saturated heterocycles. The number of halogens is 2. The van der Waals surface area contributed by atoms with E-state index in [1.165, 1.54) is 18.3 Å². The summed E-state index contributed by atoms with van der Waals surface area (Å²) in [5.74, 6) is -1.75. The molecule has 6 nitrogen and oxygen atoms in total. The van der Waals surface area contributed by atoms with Crippen LogP contribution in [0.25, 0.3) is 5.69 Å². The predicted octanol–water partition coefficient (Wildman–Crippen LogP) is 2.38. The highest BCUT2D eigenvalue weighted by Gasteiger charge is 2.24. The highest BCUT2D eigenvalue weighted by Crippen LogP contribution is 2.29. The van der Waals surface area contributed by atoms with Crippen molar-refractivity contribution in [3.63, 3.8) is 0 Å². The molecule has 2 N–H and O–H groups in total. The molecule has 1 aromatic carbocycles. The fourth-order valence-electron chi connectivity index (χ4n) is 1.95. The SMILES string of the molecule is COC(=O)c1c(N)c(C#N)cn1-c1ccc(Cl)c(F)c1C#N. The molecule has 0 bridgehead atoms. The number of nitrogens with zero attached hydrogens (tertiary/aromatic N) is 3. The van der Waals surface area contributed by atoms with Crippen LogP contribution in [0.3, 0.4) is 0 Å². The minimum absolute atomic E-state index is 0.000326. The van der Waals surface area contributed by atoms with Gasteiger partial charge in [-0.3, -0.25) is 0 Å². The van der Waals surface area contributed by atoms with E-state index in [1.807, 2.05) is 6.07 Å². The zero-order valence-electron chi connectivity index (χ0n) is 11.2. The van der Waals surface area contributed by atoms with Gasteiger partial charge in [-0.25, -0.2) is 9.18 Å². The predicted molar refractivity (Wildman–Crippen MR) is 75.9 cm³/mol. The van der Waals surface area contributed by atoms with Crippen molar-refractivity contribution in [1.82, 2.24) is 4.57 Å². The number of anilines is 1. The van der Waals surface area contributed by atoms with Crippen LogP contribution in [-0.2, 0) is 4.74 Å². The zero-order valence-corrected chi connectivity index (χ0v) is 12.0. The Morgan fingerprint density at radius 2 is 2.09 bits per heavy atom. The lowest BCUT2D eigenvalue weighted by Gasteiger charge is -2.11. The van der Waals surface area contributed by atoms with Crippen molar-refractivity contribution < 1.29 is 13.9 Å². The maximum atomic E-state index is 14.0. The van der Waals surface area contributed by atoms with Crippen LogP contribution >= 0.6 is 11.6 Å². The van der Waals surface area contributed by atoms with Gasteiger partial charge in [-0.1, -0.05) is 11.6 Å². The number of nitriles is 2. The molecule has 0 unspecified atom stereocenters. The van der Waals surface area contributed by atoms with Crippen LogP contribution in [-0.4, -0.2) is 17.6 Å². The average Bonchev–Trinajstić information content (AvgIpc) is 2.85. The summed E-state index contributed by atoms with van der Waals surface area (Å²) in [6.45, 7) is 0. The average molecular weight is 319 g/mol. The van der Waals surface area contributed by atoms with Crippen LogP contribution in [0.4, 0.5) is 10.1 Å². The Labute approximate surface area is 129 Å². The number of hydrogen-bond donors (Lipinski definition) is 1. The zero-order chi connectivity index (χ0) is 16.4. The lowest BCUT2D eigenvalue weighted by molar-refractivity contribution is 0.0593. The molecule has 0 aliphatic heterocycles. The number of hydrogen-bond acceptors (Lipinski definition) is 5. The summed E-state index contributed by atoms with van der Waals surface area (Å²) in [7, 11) is 1.14. The normalized spacial score (nSPS) is 9.86. The number of rotatable bonds is 2. The molecule has 0 amide bonds. The molecule has 0 aliphatic carbocycles. The fourth-order valence-corrected chi connectivity index (χ4v) is 2.11. The first-order chi connectivity index (χ1) is 10.5. The van der Waals surface area contributed by atoms with E-state index in [1.54, 1.807) is 6.07 Å². The largest absolute Gasteiger partial charge is 0.464 e. The van der Waals surface area contributed by atoms with Gasteiger partial charge in [-0.2, -0.15) is 10.5 Å². The molecule has 1 heterocycles. The van der Waals surface area contributed by atoms with E-state index < -0.39 is 11.8 Å². The number of nitrogens with two attached hydrogens (primary N) is 1. The summed E-state index contributed by atoms with van der Waals surface area (Å²) < 4.78 is 19.7. The molecule has 0 aliphatic rings. The topological polar surface area (TPSA) is 105 Å². The molecule has 0 saturated carbocycles. The van der Waals surface area contributed by atoms with Crippen molar-refractivity contribution in [2.24, 2.45) is 0 Å². The number of carbonyl (C=O) groups excluding carboxylic acids is 1. The number of esters is 1. The first kappa shape index (κ1) is 15.4. The van der Waals surface area contributed by atoms with Crippen molar-refractivity contribution >= 4 is 23.3 Å². The summed E-state index contributed by atoms with van der Waals surface area (Å²) in [5, 5.41) is 17.9. The lowest BCUT2D eigenvalue weighted by atomic mass is 10.1. The van der Waals surface area contributed by atoms with Crippen LogP contribution in [0.1, 0.15) is 21.6 Å². The highest BCUT2D eigenvalue weighted by atomic mass is 35.5. The molecule has 2 aromatic rings. The van der Waals surface area contributed by atoms with Crippen molar-refractivity contribution in [3.8, 4) is 17.8 Å². The molecular formula is C14H8ClFN4O2. The van der Waals surface area contributed by atoms with Crippen LogP contribution in [0, 0.1) is 28.5 Å². The van der Waals surface area contributed by atoms with Gasteiger partial charge in [0, 0.05) is 6.20 Å². The molecule has 0 fully saturated rings. The lowest BCUT2D eigenvalue weighted by Crippen LogP contribution is -2.12. The van der Waals surface area contributed by atoms with Crippen molar-refractivity contribution in [2.75, 3.05) is 12.8 Å². The Bertz CT molecular complexity index is 861. The number of nitrogen functional groups attached to an aromatic ring is 1. The quantitative estimate of drug-likeness (QED) is 0.856. The smallest absolute Gasteiger partial charge is 0.357 e. The summed E-state index contributed by atoms with van der Waals surface area (Å²) in [6.07, 6.45) is 1.23. The van der Waals surface area contributed by atoms with Crippen LogP contribution < -0.4 is 5.73 Å². The van der Waals surface area contributed by atoms with Gasteiger partial charge in [-0.05, 0) is 12.1 Å². The standard InChI is InChI=1S/C14H8ClFN4O2/c1-22-14(21)13-12(19)7(4-17)6-20(13)10-3-2-9(15)11(16)8(10)5-18/h2-3,6H,19H2,1H3. The molecule has 110 valence electrons.